The second-order valence-electron chi connectivity index (χ2n) is 6.96. The van der Waals surface area contributed by atoms with Crippen LogP contribution >= 0.6 is 0 Å². The molecule has 142 valence electrons. The van der Waals surface area contributed by atoms with Crippen LogP contribution in [0.1, 0.15) is 34.1 Å². The van der Waals surface area contributed by atoms with Gasteiger partial charge in [-0.05, 0) is 32.8 Å². The van der Waals surface area contributed by atoms with Crippen LogP contribution in [0.3, 0.4) is 0 Å². The van der Waals surface area contributed by atoms with Crippen LogP contribution in [0.2, 0.25) is 0 Å². The molecule has 0 spiro atoms. The number of nitrogens with zero attached hydrogens (tertiary/aromatic N) is 4. The van der Waals surface area contributed by atoms with Gasteiger partial charge in [-0.25, -0.2) is 9.86 Å². The number of aliphatic imine (C=N–C) groups is 1. The summed E-state index contributed by atoms with van der Waals surface area (Å²) in [7, 11) is 1.65. The molecule has 0 bridgehead atoms. The Kier molecular flexibility index (Phi) is 5.22. The zero-order valence-electron chi connectivity index (χ0n) is 16.1. The number of hydrogen-bond donors (Lipinski definition) is 2. The predicted octanol–water partition coefficient (Wildman–Crippen LogP) is 1.92. The van der Waals surface area contributed by atoms with Crippen LogP contribution < -0.4 is 10.6 Å². The Labute approximate surface area is 154 Å². The van der Waals surface area contributed by atoms with Crippen molar-refractivity contribution in [1.82, 2.24) is 25.5 Å². The summed E-state index contributed by atoms with van der Waals surface area (Å²) in [6.07, 6.45) is 6.87. The van der Waals surface area contributed by atoms with Crippen molar-refractivity contribution < 1.29 is 9.63 Å². The molecular weight excluding hydrogens is 332 g/mol. The fourth-order valence-electron chi connectivity index (χ4n) is 3.34. The van der Waals surface area contributed by atoms with E-state index in [0.29, 0.717) is 6.67 Å². The Morgan fingerprint density at radius 3 is 2.85 bits per heavy atom. The van der Waals surface area contributed by atoms with E-state index in [1.54, 1.807) is 12.2 Å². The van der Waals surface area contributed by atoms with Crippen molar-refractivity contribution in [1.29, 1.82) is 0 Å². The van der Waals surface area contributed by atoms with Gasteiger partial charge >= 0.3 is 6.03 Å². The molecule has 0 radical (unpaired) electrons. The summed E-state index contributed by atoms with van der Waals surface area (Å²) in [5.41, 5.74) is 2.89. The molecule has 3 aliphatic rings. The summed E-state index contributed by atoms with van der Waals surface area (Å²) in [4.78, 5) is 26.7. The van der Waals surface area contributed by atoms with Gasteiger partial charge in [-0.15, -0.1) is 0 Å². The van der Waals surface area contributed by atoms with E-state index in [2.05, 4.69) is 33.6 Å². The lowest BCUT2D eigenvalue weighted by atomic mass is 10.0. The summed E-state index contributed by atoms with van der Waals surface area (Å²) in [6.45, 7) is 9.53. The van der Waals surface area contributed by atoms with Gasteiger partial charge in [0.05, 0.1) is 31.3 Å². The van der Waals surface area contributed by atoms with Crippen LogP contribution in [0, 0.1) is 0 Å². The Morgan fingerprint density at radius 1 is 1.42 bits per heavy atom. The van der Waals surface area contributed by atoms with Crippen LogP contribution in [0.15, 0.2) is 40.2 Å². The number of fused-ring (bicyclic) bond motifs is 2. The smallest absolute Gasteiger partial charge is 0.315 e. The van der Waals surface area contributed by atoms with Gasteiger partial charge in [0.15, 0.2) is 0 Å². The summed E-state index contributed by atoms with van der Waals surface area (Å²) >= 11 is 0. The number of urea groups is 1. The van der Waals surface area contributed by atoms with Crippen LogP contribution in [0.5, 0.6) is 0 Å². The van der Waals surface area contributed by atoms with Crippen LogP contribution in [0.25, 0.3) is 0 Å². The maximum Gasteiger partial charge on any atom is 0.315 e. The molecule has 0 aromatic carbocycles. The highest BCUT2D eigenvalue weighted by molar-refractivity contribution is 5.82. The first-order valence-corrected chi connectivity index (χ1v) is 9.05. The number of carbonyl (C=O) groups excluding carboxylic acids is 1. The first kappa shape index (κ1) is 18.3. The van der Waals surface area contributed by atoms with Gasteiger partial charge in [0.2, 0.25) is 0 Å². The lowest BCUT2D eigenvalue weighted by molar-refractivity contribution is -0.0968. The van der Waals surface area contributed by atoms with Crippen LogP contribution in [-0.4, -0.2) is 59.5 Å². The average molecular weight is 360 g/mol. The summed E-state index contributed by atoms with van der Waals surface area (Å²) < 4.78 is 0. The van der Waals surface area contributed by atoms with E-state index in [1.165, 1.54) is 0 Å². The number of hydrogen-bond acceptors (Lipinski definition) is 6. The molecule has 0 fully saturated rings. The van der Waals surface area contributed by atoms with Crippen molar-refractivity contribution in [2.24, 2.45) is 4.99 Å². The molecule has 0 aromatic heterocycles. The molecular formula is C18H28N6O2. The molecule has 0 saturated heterocycles. The van der Waals surface area contributed by atoms with Gasteiger partial charge in [0.1, 0.15) is 18.2 Å². The molecule has 1 atom stereocenters. The van der Waals surface area contributed by atoms with E-state index < -0.39 is 0 Å². The van der Waals surface area contributed by atoms with Crippen molar-refractivity contribution in [3.8, 4) is 0 Å². The fraction of sp³-hybridized carbons (Fsp3) is 0.556. The number of amides is 2. The first-order chi connectivity index (χ1) is 12.4. The molecule has 0 saturated carbocycles. The van der Waals surface area contributed by atoms with Gasteiger partial charge in [-0.2, -0.15) is 0 Å². The molecule has 2 N–H and O–H groups in total. The van der Waals surface area contributed by atoms with Gasteiger partial charge in [0.25, 0.3) is 0 Å². The van der Waals surface area contributed by atoms with Crippen molar-refractivity contribution >= 4 is 12.2 Å². The van der Waals surface area contributed by atoms with E-state index in [1.807, 2.05) is 33.2 Å². The second-order valence-corrected chi connectivity index (χ2v) is 6.96. The highest BCUT2D eigenvalue weighted by atomic mass is 16.7. The summed E-state index contributed by atoms with van der Waals surface area (Å²) in [5.74, 6) is 1.00. The normalized spacial score (nSPS) is 21.6. The van der Waals surface area contributed by atoms with Crippen molar-refractivity contribution in [2.75, 3.05) is 20.3 Å². The molecule has 1 unspecified atom stereocenters. The minimum Gasteiger partial charge on any atom is -0.336 e. The Morgan fingerprint density at radius 2 is 2.19 bits per heavy atom. The standard InChI is InChI=1S/C18H28N6O2/c1-6-7-22-9-13(4)15(21-18(25)20-12(2)3)16-17(22)24-11-23(26-5)10-14(24)8-19-16/h8-10,12,15H,6-7,11H2,1-5H3,(H2,20,21,25). The molecule has 8 heteroatoms. The zero-order chi connectivity index (χ0) is 18.8. The highest BCUT2D eigenvalue weighted by Gasteiger charge is 2.37. The topological polar surface area (TPSA) is 72.4 Å². The van der Waals surface area contributed by atoms with Gasteiger partial charge in [0, 0.05) is 18.8 Å². The summed E-state index contributed by atoms with van der Waals surface area (Å²) in [6, 6.07) is -0.373. The van der Waals surface area contributed by atoms with Gasteiger partial charge < -0.3 is 20.4 Å². The van der Waals surface area contributed by atoms with Crippen molar-refractivity contribution in [3.63, 3.8) is 0 Å². The number of hydroxylamine groups is 2. The third-order valence-corrected chi connectivity index (χ3v) is 4.44. The number of allylic oxidation sites excluding steroid dienone is 1. The van der Waals surface area contributed by atoms with Crippen LogP contribution in [-0.2, 0) is 4.84 Å². The number of nitrogens with one attached hydrogen (secondary N) is 2. The predicted molar refractivity (Wildman–Crippen MR) is 101 cm³/mol. The Hall–Kier alpha value is -2.48. The summed E-state index contributed by atoms with van der Waals surface area (Å²) in [5, 5.41) is 7.71. The number of carbonyl (C=O) groups is 1. The third-order valence-electron chi connectivity index (χ3n) is 4.44. The molecule has 0 aromatic rings. The lowest BCUT2D eigenvalue weighted by Crippen LogP contribution is -2.50. The molecule has 3 heterocycles. The second kappa shape index (κ2) is 7.41. The van der Waals surface area contributed by atoms with Gasteiger partial charge in [-0.1, -0.05) is 6.92 Å². The molecule has 0 aliphatic carbocycles. The van der Waals surface area contributed by atoms with E-state index in [9.17, 15) is 4.79 Å². The Bertz CT molecular complexity index is 694. The number of rotatable bonds is 5. The van der Waals surface area contributed by atoms with Crippen molar-refractivity contribution in [2.45, 2.75) is 46.2 Å². The van der Waals surface area contributed by atoms with E-state index in [-0.39, 0.29) is 18.1 Å². The molecule has 3 aliphatic heterocycles. The maximum atomic E-state index is 12.3. The maximum absolute atomic E-state index is 12.3. The third kappa shape index (κ3) is 3.41. The lowest BCUT2D eigenvalue weighted by Gasteiger charge is -2.40. The van der Waals surface area contributed by atoms with Crippen molar-refractivity contribution in [3.05, 3.63) is 35.2 Å². The first-order valence-electron chi connectivity index (χ1n) is 9.05. The fourth-order valence-corrected chi connectivity index (χ4v) is 3.34. The highest BCUT2D eigenvalue weighted by Crippen LogP contribution is 2.35. The Balaban J connectivity index is 1.93. The van der Waals surface area contributed by atoms with E-state index in [4.69, 9.17) is 9.83 Å². The molecule has 26 heavy (non-hydrogen) atoms. The average Bonchev–Trinajstić information content (AvgIpc) is 3.00. The van der Waals surface area contributed by atoms with E-state index in [0.717, 1.165) is 35.8 Å². The minimum absolute atomic E-state index is 0.0751. The largest absolute Gasteiger partial charge is 0.336 e. The van der Waals surface area contributed by atoms with Gasteiger partial charge in [-0.3, -0.25) is 9.83 Å². The zero-order valence-corrected chi connectivity index (χ0v) is 16.1. The molecule has 8 nitrogen and oxygen atoms in total. The minimum atomic E-state index is -0.258. The van der Waals surface area contributed by atoms with Crippen LogP contribution in [0.4, 0.5) is 4.79 Å². The SMILES string of the molecule is CCCN1C=C(C)C(NC(=O)NC(C)C)C2=C1N1CN(OC)C=C1C=N2. The molecule has 2 amide bonds. The monoisotopic (exact) mass is 360 g/mol. The van der Waals surface area contributed by atoms with E-state index >= 15 is 0 Å². The molecule has 3 rings (SSSR count). The quantitative estimate of drug-likeness (QED) is 0.784.